The number of anilines is 1. The summed E-state index contributed by atoms with van der Waals surface area (Å²) >= 11 is 1.47. The number of ether oxygens (including phenoxy) is 1. The van der Waals surface area contributed by atoms with Crippen LogP contribution in [0.1, 0.15) is 54.2 Å². The van der Waals surface area contributed by atoms with E-state index in [-0.39, 0.29) is 11.4 Å². The van der Waals surface area contributed by atoms with E-state index in [1.807, 2.05) is 6.92 Å². The summed E-state index contributed by atoms with van der Waals surface area (Å²) in [5.41, 5.74) is 7.64. The normalized spacial score (nSPS) is 11.6. The highest BCUT2D eigenvalue weighted by Crippen LogP contribution is 2.40. The van der Waals surface area contributed by atoms with E-state index in [1.54, 1.807) is 6.92 Å². The fourth-order valence-corrected chi connectivity index (χ4v) is 2.97. The minimum Gasteiger partial charge on any atom is -0.462 e. The SMILES string of the molecule is CCOC(=O)c1sc(C(C)(C)CC)c(C)c1N. The molecule has 0 unspecified atom stereocenters. The Morgan fingerprint density at radius 3 is 2.47 bits per heavy atom. The number of nitrogens with two attached hydrogens (primary N) is 1. The number of thiophene rings is 1. The van der Waals surface area contributed by atoms with E-state index in [0.29, 0.717) is 17.2 Å². The van der Waals surface area contributed by atoms with Crippen molar-refractivity contribution in [3.05, 3.63) is 15.3 Å². The van der Waals surface area contributed by atoms with Gasteiger partial charge in [-0.05, 0) is 31.2 Å². The molecule has 1 rings (SSSR count). The minimum atomic E-state index is -0.309. The average Bonchev–Trinajstić information content (AvgIpc) is 2.57. The van der Waals surface area contributed by atoms with E-state index in [2.05, 4.69) is 20.8 Å². The van der Waals surface area contributed by atoms with Crippen LogP contribution < -0.4 is 5.73 Å². The maximum Gasteiger partial charge on any atom is 0.350 e. The van der Waals surface area contributed by atoms with E-state index in [4.69, 9.17) is 10.5 Å². The van der Waals surface area contributed by atoms with Gasteiger partial charge in [0.2, 0.25) is 0 Å². The van der Waals surface area contributed by atoms with Gasteiger partial charge in [0.15, 0.2) is 0 Å². The van der Waals surface area contributed by atoms with Crippen LogP contribution in [-0.4, -0.2) is 12.6 Å². The molecule has 1 heterocycles. The Balaban J connectivity index is 3.21. The first-order valence-electron chi connectivity index (χ1n) is 5.91. The fraction of sp³-hybridized carbons (Fsp3) is 0.615. The fourth-order valence-electron chi connectivity index (χ4n) is 1.68. The zero-order valence-electron chi connectivity index (χ0n) is 11.2. The van der Waals surface area contributed by atoms with E-state index >= 15 is 0 Å². The maximum atomic E-state index is 11.8. The van der Waals surface area contributed by atoms with Crippen LogP contribution in [0.15, 0.2) is 0 Å². The van der Waals surface area contributed by atoms with Crippen molar-refractivity contribution in [1.82, 2.24) is 0 Å². The summed E-state index contributed by atoms with van der Waals surface area (Å²) in [6.07, 6.45) is 1.01. The third-order valence-corrected chi connectivity index (χ3v) is 4.81. The zero-order valence-corrected chi connectivity index (χ0v) is 12.0. The van der Waals surface area contributed by atoms with Gasteiger partial charge in [0, 0.05) is 4.88 Å². The lowest BCUT2D eigenvalue weighted by Crippen LogP contribution is -2.14. The molecule has 4 heteroatoms. The van der Waals surface area contributed by atoms with Crippen molar-refractivity contribution < 1.29 is 9.53 Å². The minimum absolute atomic E-state index is 0.0492. The molecule has 0 amide bonds. The quantitative estimate of drug-likeness (QED) is 0.838. The van der Waals surface area contributed by atoms with Crippen LogP contribution in [0.25, 0.3) is 0 Å². The predicted octanol–water partition coefficient (Wildman–Crippen LogP) is 3.50. The molecule has 0 saturated carbocycles. The Morgan fingerprint density at radius 1 is 1.41 bits per heavy atom. The lowest BCUT2D eigenvalue weighted by atomic mass is 9.86. The van der Waals surface area contributed by atoms with Crippen LogP contribution in [0.5, 0.6) is 0 Å². The number of hydrogen-bond acceptors (Lipinski definition) is 4. The molecule has 1 aromatic rings. The van der Waals surface area contributed by atoms with Crippen molar-refractivity contribution in [2.24, 2.45) is 0 Å². The topological polar surface area (TPSA) is 52.3 Å². The van der Waals surface area contributed by atoms with Crippen molar-refractivity contribution in [1.29, 1.82) is 0 Å². The Morgan fingerprint density at radius 2 is 2.00 bits per heavy atom. The molecule has 0 aliphatic rings. The largest absolute Gasteiger partial charge is 0.462 e. The number of esters is 1. The van der Waals surface area contributed by atoms with Gasteiger partial charge in [0.25, 0.3) is 0 Å². The van der Waals surface area contributed by atoms with Crippen LogP contribution >= 0.6 is 11.3 Å². The third-order valence-electron chi connectivity index (χ3n) is 3.15. The summed E-state index contributed by atoms with van der Waals surface area (Å²) in [6.45, 7) is 10.6. The van der Waals surface area contributed by atoms with E-state index < -0.39 is 0 Å². The molecular formula is C13H21NO2S. The molecule has 0 saturated heterocycles. The van der Waals surface area contributed by atoms with Crippen molar-refractivity contribution in [3.8, 4) is 0 Å². The number of rotatable bonds is 4. The highest BCUT2D eigenvalue weighted by Gasteiger charge is 2.28. The lowest BCUT2D eigenvalue weighted by molar-refractivity contribution is 0.0533. The first-order chi connectivity index (χ1) is 7.85. The summed E-state index contributed by atoms with van der Waals surface area (Å²) in [5.74, 6) is -0.309. The molecule has 2 N–H and O–H groups in total. The smallest absolute Gasteiger partial charge is 0.350 e. The van der Waals surface area contributed by atoms with E-state index in [0.717, 1.165) is 12.0 Å². The molecule has 1 aromatic heterocycles. The molecule has 0 bridgehead atoms. The summed E-state index contributed by atoms with van der Waals surface area (Å²) in [4.78, 5) is 13.5. The van der Waals surface area contributed by atoms with Gasteiger partial charge in [0.05, 0.1) is 12.3 Å². The number of carbonyl (C=O) groups is 1. The van der Waals surface area contributed by atoms with Crippen LogP contribution in [0.4, 0.5) is 5.69 Å². The van der Waals surface area contributed by atoms with Gasteiger partial charge in [-0.1, -0.05) is 20.8 Å². The van der Waals surface area contributed by atoms with Crippen LogP contribution in [0, 0.1) is 6.92 Å². The van der Waals surface area contributed by atoms with Crippen molar-refractivity contribution >= 4 is 23.0 Å². The third kappa shape index (κ3) is 2.63. The first-order valence-corrected chi connectivity index (χ1v) is 6.73. The van der Waals surface area contributed by atoms with Gasteiger partial charge in [0.1, 0.15) is 4.88 Å². The van der Waals surface area contributed by atoms with Gasteiger partial charge in [-0.15, -0.1) is 11.3 Å². The second-order valence-electron chi connectivity index (χ2n) is 4.76. The van der Waals surface area contributed by atoms with E-state index in [9.17, 15) is 4.79 Å². The average molecular weight is 255 g/mol. The van der Waals surface area contributed by atoms with Gasteiger partial charge in [-0.3, -0.25) is 0 Å². The number of carbonyl (C=O) groups excluding carboxylic acids is 1. The molecule has 96 valence electrons. The zero-order chi connectivity index (χ0) is 13.2. The predicted molar refractivity (Wildman–Crippen MR) is 72.7 cm³/mol. The summed E-state index contributed by atoms with van der Waals surface area (Å²) in [6, 6.07) is 0. The Bertz CT molecular complexity index is 421. The van der Waals surface area contributed by atoms with Gasteiger partial charge < -0.3 is 10.5 Å². The van der Waals surface area contributed by atoms with Crippen molar-refractivity contribution in [3.63, 3.8) is 0 Å². The molecule has 0 radical (unpaired) electrons. The second kappa shape index (κ2) is 5.08. The second-order valence-corrected chi connectivity index (χ2v) is 5.78. The van der Waals surface area contributed by atoms with Gasteiger partial charge >= 0.3 is 5.97 Å². The standard InChI is InChI=1S/C13H21NO2S/c1-6-13(4,5)11-8(3)9(14)10(17-11)12(15)16-7-2/h6-7,14H2,1-5H3. The van der Waals surface area contributed by atoms with Crippen molar-refractivity contribution in [2.45, 2.75) is 46.5 Å². The summed E-state index contributed by atoms with van der Waals surface area (Å²) in [5, 5.41) is 0. The molecule has 17 heavy (non-hydrogen) atoms. The molecule has 0 aliphatic carbocycles. The Labute approximate surface area is 107 Å². The first kappa shape index (κ1) is 14.0. The summed E-state index contributed by atoms with van der Waals surface area (Å²) < 4.78 is 5.01. The Hall–Kier alpha value is -1.03. The maximum absolute atomic E-state index is 11.8. The molecule has 0 fully saturated rings. The van der Waals surface area contributed by atoms with Gasteiger partial charge in [-0.2, -0.15) is 0 Å². The molecule has 0 spiro atoms. The number of hydrogen-bond donors (Lipinski definition) is 1. The monoisotopic (exact) mass is 255 g/mol. The molecule has 3 nitrogen and oxygen atoms in total. The number of nitrogen functional groups attached to an aromatic ring is 1. The highest BCUT2D eigenvalue weighted by atomic mass is 32.1. The highest BCUT2D eigenvalue weighted by molar-refractivity contribution is 7.15. The lowest BCUT2D eigenvalue weighted by Gasteiger charge is -2.22. The van der Waals surface area contributed by atoms with Crippen LogP contribution in [0.2, 0.25) is 0 Å². The molecule has 0 atom stereocenters. The van der Waals surface area contributed by atoms with Gasteiger partial charge in [-0.25, -0.2) is 4.79 Å². The molecule has 0 aliphatic heterocycles. The molecule has 0 aromatic carbocycles. The van der Waals surface area contributed by atoms with Crippen molar-refractivity contribution in [2.75, 3.05) is 12.3 Å². The van der Waals surface area contributed by atoms with Crippen LogP contribution in [0.3, 0.4) is 0 Å². The summed E-state index contributed by atoms with van der Waals surface area (Å²) in [7, 11) is 0. The molecular weight excluding hydrogens is 234 g/mol. The van der Waals surface area contributed by atoms with Crippen LogP contribution in [-0.2, 0) is 10.2 Å². The van der Waals surface area contributed by atoms with E-state index in [1.165, 1.54) is 16.2 Å². The Kier molecular flexibility index (Phi) is 4.20.